The number of rotatable bonds is 2. The molecule has 1 heterocycles. The molecule has 84 valence electrons. The largest absolute Gasteiger partial charge is 0.351 e. The number of hydrogen-bond acceptors (Lipinski definition) is 4. The normalized spacial score (nSPS) is 9.65. The number of hydrogen-bond donors (Lipinski definition) is 1. The fourth-order valence-corrected chi connectivity index (χ4v) is 1.33. The van der Waals surface area contributed by atoms with E-state index in [0.717, 1.165) is 0 Å². The molecule has 1 amide bonds. The number of aryl methyl sites for hydroxylation is 1. The molecule has 0 radical (unpaired) electrons. The SMILES string of the molecule is Cc1cnoc1C(=O)Nc1ccc(C#N)cc1. The zero-order chi connectivity index (χ0) is 12.3. The summed E-state index contributed by atoms with van der Waals surface area (Å²) in [5.41, 5.74) is 1.82. The Morgan fingerprint density at radius 1 is 1.41 bits per heavy atom. The van der Waals surface area contributed by atoms with Gasteiger partial charge in [-0.1, -0.05) is 5.16 Å². The summed E-state index contributed by atoms with van der Waals surface area (Å²) < 4.78 is 4.83. The van der Waals surface area contributed by atoms with Crippen molar-refractivity contribution in [1.82, 2.24) is 5.16 Å². The highest BCUT2D eigenvalue weighted by atomic mass is 16.5. The molecule has 0 atom stereocenters. The van der Waals surface area contributed by atoms with E-state index in [-0.39, 0.29) is 11.7 Å². The third-order valence-electron chi connectivity index (χ3n) is 2.23. The maximum Gasteiger partial charge on any atom is 0.294 e. The molecule has 0 aliphatic rings. The lowest BCUT2D eigenvalue weighted by molar-refractivity contribution is 0.0987. The zero-order valence-corrected chi connectivity index (χ0v) is 9.10. The Kier molecular flexibility index (Phi) is 2.88. The van der Waals surface area contributed by atoms with E-state index in [0.29, 0.717) is 16.8 Å². The predicted molar refractivity (Wildman–Crippen MR) is 60.4 cm³/mol. The van der Waals surface area contributed by atoms with Crippen molar-refractivity contribution in [3.8, 4) is 6.07 Å². The minimum Gasteiger partial charge on any atom is -0.351 e. The van der Waals surface area contributed by atoms with Crippen molar-refractivity contribution in [2.75, 3.05) is 5.32 Å². The van der Waals surface area contributed by atoms with Crippen molar-refractivity contribution in [3.05, 3.63) is 47.3 Å². The molecule has 1 aromatic carbocycles. The summed E-state index contributed by atoms with van der Waals surface area (Å²) in [6.45, 7) is 1.74. The summed E-state index contributed by atoms with van der Waals surface area (Å²) in [6, 6.07) is 8.57. The average Bonchev–Trinajstić information content (AvgIpc) is 2.76. The van der Waals surface area contributed by atoms with Crippen LogP contribution in [0.5, 0.6) is 0 Å². The molecule has 0 aliphatic heterocycles. The molecule has 5 heteroatoms. The van der Waals surface area contributed by atoms with Crippen LogP contribution in [0.25, 0.3) is 0 Å². The lowest BCUT2D eigenvalue weighted by Gasteiger charge is -2.02. The Hall–Kier alpha value is -2.61. The van der Waals surface area contributed by atoms with Crippen LogP contribution in [-0.4, -0.2) is 11.1 Å². The summed E-state index contributed by atoms with van der Waals surface area (Å²) >= 11 is 0. The van der Waals surface area contributed by atoms with Crippen LogP contribution in [0.15, 0.2) is 35.0 Å². The Labute approximate surface area is 97.7 Å². The standard InChI is InChI=1S/C12H9N3O2/c1-8-7-14-17-11(8)12(16)15-10-4-2-9(6-13)3-5-10/h2-5,7H,1H3,(H,15,16). The van der Waals surface area contributed by atoms with E-state index in [1.807, 2.05) is 6.07 Å². The van der Waals surface area contributed by atoms with E-state index < -0.39 is 0 Å². The number of nitriles is 1. The molecule has 1 N–H and O–H groups in total. The van der Waals surface area contributed by atoms with Gasteiger partial charge in [0.05, 0.1) is 17.8 Å². The van der Waals surface area contributed by atoms with Gasteiger partial charge in [-0.05, 0) is 31.2 Å². The second-order valence-electron chi connectivity index (χ2n) is 3.48. The summed E-state index contributed by atoms with van der Waals surface area (Å²) in [4.78, 5) is 11.7. The van der Waals surface area contributed by atoms with Crippen LogP contribution in [0.1, 0.15) is 21.7 Å². The van der Waals surface area contributed by atoms with Crippen molar-refractivity contribution in [2.24, 2.45) is 0 Å². The topological polar surface area (TPSA) is 78.9 Å². The van der Waals surface area contributed by atoms with E-state index in [9.17, 15) is 4.79 Å². The number of amides is 1. The molecule has 0 spiro atoms. The molecule has 2 aromatic rings. The number of aromatic nitrogens is 1. The first kappa shape index (κ1) is 10.9. The highest BCUT2D eigenvalue weighted by Gasteiger charge is 2.13. The van der Waals surface area contributed by atoms with E-state index >= 15 is 0 Å². The first-order valence-corrected chi connectivity index (χ1v) is 4.93. The van der Waals surface area contributed by atoms with Crippen molar-refractivity contribution in [2.45, 2.75) is 6.92 Å². The molecular formula is C12H9N3O2. The maximum absolute atomic E-state index is 11.7. The van der Waals surface area contributed by atoms with Gasteiger partial charge in [0.2, 0.25) is 5.76 Å². The first-order chi connectivity index (χ1) is 8.20. The smallest absolute Gasteiger partial charge is 0.294 e. The van der Waals surface area contributed by atoms with Crippen LogP contribution in [0.3, 0.4) is 0 Å². The fourth-order valence-electron chi connectivity index (χ4n) is 1.33. The van der Waals surface area contributed by atoms with Crippen molar-refractivity contribution in [1.29, 1.82) is 5.26 Å². The number of nitrogens with zero attached hydrogens (tertiary/aromatic N) is 2. The number of carbonyl (C=O) groups is 1. The Balaban J connectivity index is 2.14. The monoisotopic (exact) mass is 227 g/mol. The fraction of sp³-hybridized carbons (Fsp3) is 0.0833. The van der Waals surface area contributed by atoms with Crippen molar-refractivity contribution in [3.63, 3.8) is 0 Å². The van der Waals surface area contributed by atoms with Gasteiger partial charge in [-0.3, -0.25) is 4.79 Å². The molecule has 17 heavy (non-hydrogen) atoms. The van der Waals surface area contributed by atoms with Gasteiger partial charge in [-0.2, -0.15) is 5.26 Å². The zero-order valence-electron chi connectivity index (χ0n) is 9.10. The van der Waals surface area contributed by atoms with Crippen molar-refractivity contribution >= 4 is 11.6 Å². The molecule has 0 aliphatic carbocycles. The number of benzene rings is 1. The second-order valence-corrected chi connectivity index (χ2v) is 3.48. The Morgan fingerprint density at radius 2 is 2.12 bits per heavy atom. The van der Waals surface area contributed by atoms with Gasteiger partial charge in [-0.25, -0.2) is 0 Å². The third-order valence-corrected chi connectivity index (χ3v) is 2.23. The molecule has 1 aromatic heterocycles. The van der Waals surface area contributed by atoms with Gasteiger partial charge < -0.3 is 9.84 Å². The predicted octanol–water partition coefficient (Wildman–Crippen LogP) is 2.11. The Bertz CT molecular complexity index is 579. The van der Waals surface area contributed by atoms with Gasteiger partial charge in [0.1, 0.15) is 0 Å². The summed E-state index contributed by atoms with van der Waals surface area (Å²) in [7, 11) is 0. The summed E-state index contributed by atoms with van der Waals surface area (Å²) in [5, 5.41) is 14.8. The van der Waals surface area contributed by atoms with Crippen LogP contribution in [0, 0.1) is 18.3 Å². The van der Waals surface area contributed by atoms with Crippen LogP contribution in [-0.2, 0) is 0 Å². The molecule has 0 saturated carbocycles. The van der Waals surface area contributed by atoms with Crippen molar-refractivity contribution < 1.29 is 9.32 Å². The third kappa shape index (κ3) is 2.32. The summed E-state index contributed by atoms with van der Waals surface area (Å²) in [6.07, 6.45) is 1.48. The second kappa shape index (κ2) is 4.49. The van der Waals surface area contributed by atoms with Gasteiger partial charge in [0.25, 0.3) is 5.91 Å². The van der Waals surface area contributed by atoms with Gasteiger partial charge in [0, 0.05) is 11.3 Å². The lowest BCUT2D eigenvalue weighted by atomic mass is 10.2. The number of carbonyl (C=O) groups excluding carboxylic acids is 1. The van der Waals surface area contributed by atoms with Gasteiger partial charge in [0.15, 0.2) is 0 Å². The molecular weight excluding hydrogens is 218 g/mol. The van der Waals surface area contributed by atoms with Crippen LogP contribution >= 0.6 is 0 Å². The minimum absolute atomic E-state index is 0.189. The van der Waals surface area contributed by atoms with Gasteiger partial charge >= 0.3 is 0 Å². The summed E-state index contributed by atoms with van der Waals surface area (Å²) in [5.74, 6) is -0.168. The minimum atomic E-state index is -0.357. The lowest BCUT2D eigenvalue weighted by Crippen LogP contribution is -2.11. The molecule has 0 unspecified atom stereocenters. The van der Waals surface area contributed by atoms with E-state index in [2.05, 4.69) is 10.5 Å². The van der Waals surface area contributed by atoms with Crippen LogP contribution in [0.4, 0.5) is 5.69 Å². The highest BCUT2D eigenvalue weighted by molar-refractivity contribution is 6.03. The molecule has 5 nitrogen and oxygen atoms in total. The number of anilines is 1. The van der Waals surface area contributed by atoms with Gasteiger partial charge in [-0.15, -0.1) is 0 Å². The Morgan fingerprint density at radius 3 is 2.65 bits per heavy atom. The maximum atomic E-state index is 11.7. The quantitative estimate of drug-likeness (QED) is 0.852. The first-order valence-electron chi connectivity index (χ1n) is 4.93. The number of nitrogens with one attached hydrogen (secondary N) is 1. The average molecular weight is 227 g/mol. The molecule has 2 rings (SSSR count). The van der Waals surface area contributed by atoms with E-state index in [1.54, 1.807) is 31.2 Å². The van der Waals surface area contributed by atoms with E-state index in [4.69, 9.17) is 9.78 Å². The highest BCUT2D eigenvalue weighted by Crippen LogP contribution is 2.12. The molecule has 0 bridgehead atoms. The molecule has 0 fully saturated rings. The van der Waals surface area contributed by atoms with Crippen LogP contribution < -0.4 is 5.32 Å². The molecule has 0 saturated heterocycles. The van der Waals surface area contributed by atoms with E-state index in [1.165, 1.54) is 6.20 Å². The van der Waals surface area contributed by atoms with Crippen LogP contribution in [0.2, 0.25) is 0 Å².